The van der Waals surface area contributed by atoms with Gasteiger partial charge in [-0.3, -0.25) is 0 Å². The number of rotatable bonds is 0. The van der Waals surface area contributed by atoms with Crippen molar-refractivity contribution in [3.63, 3.8) is 0 Å². The third kappa shape index (κ3) is 9.03. The molecule has 0 nitrogen and oxygen atoms in total. The van der Waals surface area contributed by atoms with E-state index in [1.165, 1.54) is 0 Å². The van der Waals surface area contributed by atoms with Gasteiger partial charge in [0, 0.05) is 98.3 Å². The van der Waals surface area contributed by atoms with E-state index in [0.29, 0.717) is 0 Å². The molecule has 0 N–H and O–H groups in total. The zero-order valence-electron chi connectivity index (χ0n) is 1.84. The van der Waals surface area contributed by atoms with Crippen LogP contribution in [0.5, 0.6) is 0 Å². The summed E-state index contributed by atoms with van der Waals surface area (Å²) < 4.78 is 8.97. The van der Waals surface area contributed by atoms with Crippen molar-refractivity contribution in [1.82, 2.24) is 0 Å². The summed E-state index contributed by atoms with van der Waals surface area (Å²) in [7, 11) is 0. The fraction of sp³-hybridized carbons (Fsp3) is 0. The first-order valence-electron chi connectivity index (χ1n) is 0.143. The molecule has 0 aliphatic heterocycles. The smallest absolute Gasteiger partial charge is 0.116 e. The van der Waals surface area contributed by atoms with Crippen LogP contribution in [0.4, 0.5) is 3.98 Å². The summed E-state index contributed by atoms with van der Waals surface area (Å²) in [6.45, 7) is 0. The van der Waals surface area contributed by atoms with Crippen LogP contribution in [0.3, 0.4) is 0 Å². The minimum atomic E-state index is 0. The topological polar surface area (TPSA) is 0 Å². The first-order valence-corrected chi connectivity index (χ1v) is 0.429. The fourth-order valence-corrected chi connectivity index (χ4v) is 0. The van der Waals surface area contributed by atoms with E-state index >= 15 is 0 Å². The second kappa shape index (κ2) is 16.2. The third-order valence-corrected chi connectivity index (χ3v) is 0. The Morgan fingerprint density at radius 1 is 1.25 bits per heavy atom. The molecule has 0 heterocycles. The van der Waals surface area contributed by atoms with Crippen LogP contribution < -0.4 is 0 Å². The van der Waals surface area contributed by atoms with E-state index in [2.05, 4.69) is 12.0 Å². The molecule has 0 aromatic heterocycles. The molecule has 0 rings (SSSR count). The molecule has 0 saturated carbocycles. The molecule has 0 aliphatic carbocycles. The second-order valence-corrected chi connectivity index (χ2v) is 0. The van der Waals surface area contributed by atoms with Crippen molar-refractivity contribution in [3.8, 4) is 0 Å². The average Bonchev–Trinajstić information content (AvgIpc) is 1.00. The molecule has 0 fully saturated rings. The normalized spacial score (nSPS) is 1.50. The summed E-state index contributed by atoms with van der Waals surface area (Å²) in [5, 5.41) is 0. The molecule has 0 aromatic rings. The maximum atomic E-state index is 8.97. The predicted molar refractivity (Wildman–Crippen MR) is 12.7 cm³/mol. The minimum absolute atomic E-state index is 0. The minimum Gasteiger partial charge on any atom is -0.116 e. The Morgan fingerprint density at radius 3 is 1.25 bits per heavy atom. The predicted octanol–water partition coefficient (Wildman–Crippen LogP) is 0.729. The third-order valence-electron chi connectivity index (χ3n) is 0. The quantitative estimate of drug-likeness (QED) is 0.569. The fourth-order valence-electron chi connectivity index (χ4n) is 0. The van der Waals surface area contributed by atoms with E-state index < -0.39 is 0 Å². The summed E-state index contributed by atoms with van der Waals surface area (Å²) in [4.78, 5) is 0. The largest absolute Gasteiger partial charge is 0.116 e. The van der Waals surface area contributed by atoms with Gasteiger partial charge in [0.25, 0.3) is 0 Å². The van der Waals surface area contributed by atoms with Gasteiger partial charge in [0.2, 0.25) is 0 Å². The van der Waals surface area contributed by atoms with Crippen LogP contribution in [-0.4, -0.2) is 48.9 Å². The van der Waals surface area contributed by atoms with Crippen LogP contribution in [0.2, 0.25) is 0 Å². The molecule has 0 bridgehead atoms. The maximum absolute atomic E-state index is 8.97. The van der Waals surface area contributed by atoms with Crippen LogP contribution in [0.1, 0.15) is 0 Å². The molecule has 0 saturated heterocycles. The standard InChI is InChI=1S/Ba.ClF.Eu/c;1-2;. The van der Waals surface area contributed by atoms with Crippen LogP contribution in [0.15, 0.2) is 0 Å². The Morgan fingerprint density at radius 2 is 1.25 bits per heavy atom. The van der Waals surface area contributed by atoms with Crippen LogP contribution in [0.25, 0.3) is 0 Å². The molecule has 0 atom stereocenters. The van der Waals surface area contributed by atoms with Crippen molar-refractivity contribution >= 4 is 60.8 Å². The Labute approximate surface area is 111 Å². The Kier molecular flexibility index (Phi) is 63.3. The van der Waals surface area contributed by atoms with Crippen molar-refractivity contribution in [2.75, 3.05) is 0 Å². The van der Waals surface area contributed by atoms with Gasteiger partial charge in [0.15, 0.2) is 0 Å². The summed E-state index contributed by atoms with van der Waals surface area (Å²) in [6, 6.07) is 0. The van der Waals surface area contributed by atoms with Gasteiger partial charge in [-0.1, -0.05) is 0 Å². The summed E-state index contributed by atoms with van der Waals surface area (Å²) >= 11 is 3.14. The van der Waals surface area contributed by atoms with E-state index in [-0.39, 0.29) is 98.3 Å². The Bertz CT molecular complexity index is 8.00. The number of hydrogen-bond acceptors (Lipinski definition) is 0. The van der Waals surface area contributed by atoms with Crippen molar-refractivity contribution in [2.45, 2.75) is 0 Å². The molecule has 0 aromatic carbocycles. The molecule has 4 heavy (non-hydrogen) atoms. The Hall–Kier alpha value is 3.38. The van der Waals surface area contributed by atoms with Gasteiger partial charge < -0.3 is 0 Å². The molecular weight excluding hydrogens is 344 g/mol. The molecule has 0 spiro atoms. The van der Waals surface area contributed by atoms with Gasteiger partial charge >= 0.3 is 0 Å². The van der Waals surface area contributed by atoms with Crippen molar-refractivity contribution in [1.29, 1.82) is 0 Å². The van der Waals surface area contributed by atoms with E-state index in [4.69, 9.17) is 3.98 Å². The second-order valence-electron chi connectivity index (χ2n) is 0. The molecule has 4 heteroatoms. The molecule has 0 aliphatic rings. The number of halogens is 2. The summed E-state index contributed by atoms with van der Waals surface area (Å²) in [6.07, 6.45) is 0. The van der Waals surface area contributed by atoms with Gasteiger partial charge in [-0.15, -0.1) is 3.98 Å². The number of hydrogen-bond donors (Lipinski definition) is 0. The zero-order chi connectivity index (χ0) is 2.00. The zero-order valence-corrected chi connectivity index (χ0v) is 9.46. The van der Waals surface area contributed by atoms with Gasteiger partial charge in [-0.25, -0.2) is 0 Å². The Balaban J connectivity index is -0.00000000500. The summed E-state index contributed by atoms with van der Waals surface area (Å²) in [5.74, 6) is 0. The monoisotopic (exact) mass is 345 g/mol. The molecule has 0 amide bonds. The van der Waals surface area contributed by atoms with Crippen LogP contribution >= 0.6 is 12.0 Å². The van der Waals surface area contributed by atoms with Crippen molar-refractivity contribution < 1.29 is 53.4 Å². The van der Waals surface area contributed by atoms with Gasteiger partial charge in [0.1, 0.15) is 12.0 Å². The van der Waals surface area contributed by atoms with Crippen LogP contribution in [-0.2, 0) is 0 Å². The summed E-state index contributed by atoms with van der Waals surface area (Å²) in [5.41, 5.74) is 0. The maximum Gasteiger partial charge on any atom is 0.116 e. The van der Waals surface area contributed by atoms with E-state index in [1.54, 1.807) is 0 Å². The average molecular weight is 344 g/mol. The van der Waals surface area contributed by atoms with Gasteiger partial charge in [-0.05, 0) is 0 Å². The molecular formula is BaClEuF. The first kappa shape index (κ1) is 15.7. The van der Waals surface area contributed by atoms with Gasteiger partial charge in [-0.2, -0.15) is 0 Å². The van der Waals surface area contributed by atoms with E-state index in [1.807, 2.05) is 0 Å². The molecule has 0 unspecified atom stereocenters. The molecule has 23 valence electrons. The van der Waals surface area contributed by atoms with Crippen molar-refractivity contribution in [3.05, 3.63) is 0 Å². The van der Waals surface area contributed by atoms with Gasteiger partial charge in [0.05, 0.1) is 0 Å². The molecule has 3 radical (unpaired) electrons. The van der Waals surface area contributed by atoms with Crippen molar-refractivity contribution in [2.24, 2.45) is 0 Å². The van der Waals surface area contributed by atoms with E-state index in [0.717, 1.165) is 0 Å². The van der Waals surface area contributed by atoms with E-state index in [9.17, 15) is 0 Å². The first-order chi connectivity index (χ1) is 1.00. The SMILES string of the molecule is FCl.[Ba].[Eu]. The van der Waals surface area contributed by atoms with Crippen LogP contribution in [0, 0.1) is 49.4 Å².